The van der Waals surface area contributed by atoms with Crippen molar-refractivity contribution in [2.24, 2.45) is 5.73 Å². The van der Waals surface area contributed by atoms with Crippen LogP contribution >= 0.6 is 0 Å². The van der Waals surface area contributed by atoms with Crippen LogP contribution in [0.1, 0.15) is 47.0 Å². The minimum atomic E-state index is -0.694. The second-order valence-electron chi connectivity index (χ2n) is 6.18. The monoisotopic (exact) mass is 299 g/mol. The van der Waals surface area contributed by atoms with Gasteiger partial charge in [0.1, 0.15) is 11.6 Å². The molecule has 3 amide bonds. The van der Waals surface area contributed by atoms with Gasteiger partial charge in [-0.05, 0) is 33.6 Å². The van der Waals surface area contributed by atoms with Crippen molar-refractivity contribution in [1.82, 2.24) is 9.80 Å². The molecule has 1 saturated heterocycles. The molecule has 1 fully saturated rings. The van der Waals surface area contributed by atoms with Crippen LogP contribution in [0.15, 0.2) is 0 Å². The van der Waals surface area contributed by atoms with Gasteiger partial charge in [-0.3, -0.25) is 14.5 Å². The largest absolute Gasteiger partial charge is 0.444 e. The number of rotatable bonds is 3. The third kappa shape index (κ3) is 4.91. The standard InChI is InChI=1S/C14H25N3O4/c1-5-10(12(15)19)17-9-16(8-6-7-11(17)18)13(20)21-14(2,3)4/h10H,5-9H2,1-4H3,(H2,15,19). The summed E-state index contributed by atoms with van der Waals surface area (Å²) in [6.45, 7) is 7.59. The molecule has 0 spiro atoms. The van der Waals surface area contributed by atoms with Gasteiger partial charge in [0.15, 0.2) is 0 Å². The fourth-order valence-corrected chi connectivity index (χ4v) is 2.22. The van der Waals surface area contributed by atoms with E-state index in [0.29, 0.717) is 25.8 Å². The van der Waals surface area contributed by atoms with Crippen LogP contribution < -0.4 is 5.73 Å². The number of nitrogens with zero attached hydrogens (tertiary/aromatic N) is 2. The first-order valence-corrected chi connectivity index (χ1v) is 7.22. The van der Waals surface area contributed by atoms with Crippen molar-refractivity contribution in [3.63, 3.8) is 0 Å². The quantitative estimate of drug-likeness (QED) is 0.843. The first-order chi connectivity index (χ1) is 9.65. The predicted octanol–water partition coefficient (Wildman–Crippen LogP) is 1.07. The Balaban J connectivity index is 2.87. The van der Waals surface area contributed by atoms with E-state index >= 15 is 0 Å². The molecule has 21 heavy (non-hydrogen) atoms. The normalized spacial score (nSPS) is 18.2. The van der Waals surface area contributed by atoms with E-state index in [9.17, 15) is 14.4 Å². The summed E-state index contributed by atoms with van der Waals surface area (Å²) in [5, 5.41) is 0. The highest BCUT2D eigenvalue weighted by atomic mass is 16.6. The molecule has 0 aromatic rings. The van der Waals surface area contributed by atoms with Crippen molar-refractivity contribution in [2.45, 2.75) is 58.6 Å². The summed E-state index contributed by atoms with van der Waals surface area (Å²) < 4.78 is 5.32. The van der Waals surface area contributed by atoms with Gasteiger partial charge in [0.05, 0.1) is 6.67 Å². The highest BCUT2D eigenvalue weighted by molar-refractivity contribution is 5.87. The number of ether oxygens (including phenoxy) is 1. The maximum Gasteiger partial charge on any atom is 0.411 e. The third-order valence-electron chi connectivity index (χ3n) is 3.21. The van der Waals surface area contributed by atoms with Crippen LogP contribution in [-0.4, -0.2) is 52.6 Å². The maximum atomic E-state index is 12.1. The van der Waals surface area contributed by atoms with Crippen LogP contribution in [0.3, 0.4) is 0 Å². The molecule has 0 aromatic heterocycles. The van der Waals surface area contributed by atoms with Crippen LogP contribution in [0, 0.1) is 0 Å². The molecule has 0 bridgehead atoms. The molecule has 1 atom stereocenters. The van der Waals surface area contributed by atoms with Gasteiger partial charge >= 0.3 is 6.09 Å². The van der Waals surface area contributed by atoms with Crippen LogP contribution in [0.5, 0.6) is 0 Å². The number of amides is 3. The molecular weight excluding hydrogens is 274 g/mol. The lowest BCUT2D eigenvalue weighted by Crippen LogP contribution is -2.52. The van der Waals surface area contributed by atoms with Gasteiger partial charge in [0.2, 0.25) is 11.8 Å². The van der Waals surface area contributed by atoms with E-state index in [0.717, 1.165) is 0 Å². The van der Waals surface area contributed by atoms with Gasteiger partial charge in [0.25, 0.3) is 0 Å². The third-order valence-corrected chi connectivity index (χ3v) is 3.21. The van der Waals surface area contributed by atoms with Crippen molar-refractivity contribution in [3.05, 3.63) is 0 Å². The molecule has 1 unspecified atom stereocenters. The first-order valence-electron chi connectivity index (χ1n) is 7.22. The topological polar surface area (TPSA) is 92.9 Å². The highest BCUT2D eigenvalue weighted by Gasteiger charge is 2.33. The zero-order valence-corrected chi connectivity index (χ0v) is 13.2. The Bertz CT molecular complexity index is 417. The molecule has 1 aliphatic rings. The van der Waals surface area contributed by atoms with E-state index < -0.39 is 23.6 Å². The minimum absolute atomic E-state index is 0.0369. The Morgan fingerprint density at radius 3 is 2.48 bits per heavy atom. The number of primary amides is 1. The summed E-state index contributed by atoms with van der Waals surface area (Å²) in [7, 11) is 0. The minimum Gasteiger partial charge on any atom is -0.444 e. The molecule has 0 aliphatic carbocycles. The Labute approximate surface area is 125 Å². The van der Waals surface area contributed by atoms with Gasteiger partial charge in [-0.15, -0.1) is 0 Å². The average molecular weight is 299 g/mol. The summed E-state index contributed by atoms with van der Waals surface area (Å²) in [6.07, 6.45) is 0.775. The van der Waals surface area contributed by atoms with E-state index in [1.165, 1.54) is 9.80 Å². The molecule has 0 saturated carbocycles. The molecule has 1 heterocycles. The summed E-state index contributed by atoms with van der Waals surface area (Å²) >= 11 is 0. The van der Waals surface area contributed by atoms with Crippen molar-refractivity contribution >= 4 is 17.9 Å². The number of carbonyl (C=O) groups is 3. The second kappa shape index (κ2) is 6.78. The smallest absolute Gasteiger partial charge is 0.411 e. The first kappa shape index (κ1) is 17.3. The predicted molar refractivity (Wildman–Crippen MR) is 77.2 cm³/mol. The van der Waals surface area contributed by atoms with Crippen LogP contribution in [0.4, 0.5) is 4.79 Å². The summed E-state index contributed by atoms with van der Waals surface area (Å²) in [5.74, 6) is -0.719. The molecule has 0 aromatic carbocycles. The Morgan fingerprint density at radius 1 is 1.38 bits per heavy atom. The average Bonchev–Trinajstić information content (AvgIpc) is 2.51. The fraction of sp³-hybridized carbons (Fsp3) is 0.786. The van der Waals surface area contributed by atoms with Gasteiger partial charge in [0, 0.05) is 13.0 Å². The molecule has 1 rings (SSSR count). The lowest BCUT2D eigenvalue weighted by molar-refractivity contribution is -0.140. The number of hydrogen-bond donors (Lipinski definition) is 1. The highest BCUT2D eigenvalue weighted by Crippen LogP contribution is 2.17. The van der Waals surface area contributed by atoms with Crippen molar-refractivity contribution in [2.75, 3.05) is 13.2 Å². The van der Waals surface area contributed by atoms with Crippen molar-refractivity contribution < 1.29 is 19.1 Å². The second-order valence-corrected chi connectivity index (χ2v) is 6.18. The van der Waals surface area contributed by atoms with Crippen LogP contribution in [0.2, 0.25) is 0 Å². The van der Waals surface area contributed by atoms with Crippen LogP contribution in [-0.2, 0) is 14.3 Å². The van der Waals surface area contributed by atoms with E-state index in [2.05, 4.69) is 0 Å². The maximum absolute atomic E-state index is 12.1. The molecule has 7 nitrogen and oxygen atoms in total. The summed E-state index contributed by atoms with van der Waals surface area (Å²) in [6, 6.07) is -0.694. The van der Waals surface area contributed by atoms with Crippen molar-refractivity contribution in [3.8, 4) is 0 Å². The SMILES string of the molecule is CCC(C(N)=O)N1CN(C(=O)OC(C)(C)C)CCCC1=O. The zero-order valence-electron chi connectivity index (χ0n) is 13.2. The zero-order chi connectivity index (χ0) is 16.2. The van der Waals surface area contributed by atoms with Gasteiger partial charge in [-0.2, -0.15) is 0 Å². The fourth-order valence-electron chi connectivity index (χ4n) is 2.22. The molecular formula is C14H25N3O4. The Kier molecular flexibility index (Phi) is 5.57. The van der Waals surface area contributed by atoms with Crippen LogP contribution in [0.25, 0.3) is 0 Å². The van der Waals surface area contributed by atoms with Gasteiger partial charge in [-0.1, -0.05) is 6.92 Å². The molecule has 120 valence electrons. The van der Waals surface area contributed by atoms with Gasteiger partial charge < -0.3 is 15.4 Å². The molecule has 0 radical (unpaired) electrons. The number of nitrogens with two attached hydrogens (primary N) is 1. The summed E-state index contributed by atoms with van der Waals surface area (Å²) in [5.41, 5.74) is 4.74. The lowest BCUT2D eigenvalue weighted by atomic mass is 10.1. The number of carbonyl (C=O) groups excluding carboxylic acids is 3. The van der Waals surface area contributed by atoms with E-state index in [-0.39, 0.29) is 12.6 Å². The van der Waals surface area contributed by atoms with E-state index in [1.807, 2.05) is 0 Å². The molecule has 7 heteroatoms. The molecule has 2 N–H and O–H groups in total. The number of hydrogen-bond acceptors (Lipinski definition) is 4. The molecule has 1 aliphatic heterocycles. The Morgan fingerprint density at radius 2 is 2.00 bits per heavy atom. The van der Waals surface area contributed by atoms with Gasteiger partial charge in [-0.25, -0.2) is 4.79 Å². The van der Waals surface area contributed by atoms with E-state index in [4.69, 9.17) is 10.5 Å². The summed E-state index contributed by atoms with van der Waals surface area (Å²) in [4.78, 5) is 38.6. The van der Waals surface area contributed by atoms with Crippen molar-refractivity contribution in [1.29, 1.82) is 0 Å². The van der Waals surface area contributed by atoms with E-state index in [1.54, 1.807) is 27.7 Å². The Hall–Kier alpha value is -1.79. The lowest BCUT2D eigenvalue weighted by Gasteiger charge is -2.33.